The number of halogens is 2. The third-order valence-corrected chi connectivity index (χ3v) is 2.07. The number of carbonyl (C=O) groups excluding carboxylic acids is 1. The van der Waals surface area contributed by atoms with Gasteiger partial charge in [-0.25, -0.2) is 13.8 Å². The van der Waals surface area contributed by atoms with Gasteiger partial charge in [0.15, 0.2) is 0 Å². The van der Waals surface area contributed by atoms with Crippen molar-refractivity contribution in [2.45, 2.75) is 12.8 Å². The standard InChI is InChI=1S/C9H9F2N3O4/c1-18-7(15)3-5-8(14(16)17)4(9(10)11)2-6(12)13-5/h2,9H,3H2,1H3,(H2,12,13). The van der Waals surface area contributed by atoms with Crippen LogP contribution in [-0.4, -0.2) is 23.0 Å². The number of carbonyl (C=O) groups is 1. The number of aromatic nitrogens is 1. The van der Waals surface area contributed by atoms with E-state index in [1.807, 2.05) is 0 Å². The van der Waals surface area contributed by atoms with Crippen LogP contribution >= 0.6 is 0 Å². The van der Waals surface area contributed by atoms with Crippen molar-refractivity contribution in [3.63, 3.8) is 0 Å². The molecule has 1 aromatic rings. The summed E-state index contributed by atoms with van der Waals surface area (Å²) in [7, 11) is 1.06. The smallest absolute Gasteiger partial charge is 0.311 e. The second-order valence-corrected chi connectivity index (χ2v) is 3.24. The van der Waals surface area contributed by atoms with Crippen molar-refractivity contribution in [2.24, 2.45) is 0 Å². The molecule has 0 aromatic carbocycles. The zero-order chi connectivity index (χ0) is 13.9. The van der Waals surface area contributed by atoms with Gasteiger partial charge in [-0.15, -0.1) is 0 Å². The van der Waals surface area contributed by atoms with E-state index in [-0.39, 0.29) is 5.82 Å². The van der Waals surface area contributed by atoms with Gasteiger partial charge in [0, 0.05) is 0 Å². The number of alkyl halides is 2. The zero-order valence-corrected chi connectivity index (χ0v) is 9.22. The monoisotopic (exact) mass is 261 g/mol. The van der Waals surface area contributed by atoms with E-state index in [4.69, 9.17) is 5.73 Å². The molecule has 2 N–H and O–H groups in total. The third kappa shape index (κ3) is 2.87. The highest BCUT2D eigenvalue weighted by Crippen LogP contribution is 2.32. The minimum Gasteiger partial charge on any atom is -0.469 e. The van der Waals surface area contributed by atoms with E-state index in [1.165, 1.54) is 0 Å². The van der Waals surface area contributed by atoms with Crippen molar-refractivity contribution in [2.75, 3.05) is 12.8 Å². The van der Waals surface area contributed by atoms with Crippen molar-refractivity contribution in [1.82, 2.24) is 4.98 Å². The van der Waals surface area contributed by atoms with Crippen LogP contribution in [0.3, 0.4) is 0 Å². The Morgan fingerprint density at radius 3 is 2.72 bits per heavy atom. The second kappa shape index (κ2) is 5.34. The molecule has 0 aliphatic rings. The van der Waals surface area contributed by atoms with Crippen molar-refractivity contribution < 1.29 is 23.2 Å². The maximum absolute atomic E-state index is 12.7. The highest BCUT2D eigenvalue weighted by Gasteiger charge is 2.29. The lowest BCUT2D eigenvalue weighted by Gasteiger charge is -2.07. The molecule has 0 fully saturated rings. The van der Waals surface area contributed by atoms with Gasteiger partial charge in [-0.05, 0) is 6.07 Å². The summed E-state index contributed by atoms with van der Waals surface area (Å²) in [6, 6.07) is 0.712. The van der Waals surface area contributed by atoms with Crippen LogP contribution < -0.4 is 5.73 Å². The van der Waals surface area contributed by atoms with Crippen LogP contribution in [0.5, 0.6) is 0 Å². The van der Waals surface area contributed by atoms with Gasteiger partial charge in [-0.2, -0.15) is 0 Å². The number of rotatable bonds is 4. The molecule has 0 atom stereocenters. The Morgan fingerprint density at radius 2 is 2.28 bits per heavy atom. The predicted molar refractivity (Wildman–Crippen MR) is 56.0 cm³/mol. The van der Waals surface area contributed by atoms with Crippen molar-refractivity contribution in [3.05, 3.63) is 27.4 Å². The lowest BCUT2D eigenvalue weighted by atomic mass is 10.1. The number of anilines is 1. The minimum atomic E-state index is -3.09. The first-order valence-corrected chi connectivity index (χ1v) is 4.65. The molecule has 7 nitrogen and oxygen atoms in total. The third-order valence-electron chi connectivity index (χ3n) is 2.07. The molecular formula is C9H9F2N3O4. The molecule has 9 heteroatoms. The fourth-order valence-corrected chi connectivity index (χ4v) is 1.34. The van der Waals surface area contributed by atoms with Gasteiger partial charge < -0.3 is 10.5 Å². The molecule has 18 heavy (non-hydrogen) atoms. The minimum absolute atomic E-state index is 0.324. The van der Waals surface area contributed by atoms with E-state index in [9.17, 15) is 23.7 Å². The Labute approximate surface area is 99.7 Å². The van der Waals surface area contributed by atoms with Crippen molar-refractivity contribution in [1.29, 1.82) is 0 Å². The zero-order valence-electron chi connectivity index (χ0n) is 9.22. The Morgan fingerprint density at radius 1 is 1.67 bits per heavy atom. The summed E-state index contributed by atoms with van der Waals surface area (Å²) in [6.07, 6.45) is -3.69. The van der Waals surface area contributed by atoms with Gasteiger partial charge in [-0.3, -0.25) is 14.9 Å². The number of hydrogen-bond donors (Lipinski definition) is 1. The van der Waals surface area contributed by atoms with E-state index in [2.05, 4.69) is 9.72 Å². The molecule has 0 spiro atoms. The summed E-state index contributed by atoms with van der Waals surface area (Å²) in [6.45, 7) is 0. The number of nitrogens with zero attached hydrogens (tertiary/aromatic N) is 2. The van der Waals surface area contributed by atoms with Crippen LogP contribution in [0.4, 0.5) is 20.3 Å². The number of nitrogens with two attached hydrogens (primary N) is 1. The summed E-state index contributed by atoms with van der Waals surface area (Å²) < 4.78 is 29.6. The first-order valence-electron chi connectivity index (χ1n) is 4.65. The molecule has 0 saturated heterocycles. The fourth-order valence-electron chi connectivity index (χ4n) is 1.34. The lowest BCUT2D eigenvalue weighted by molar-refractivity contribution is -0.387. The van der Waals surface area contributed by atoms with E-state index in [0.29, 0.717) is 6.07 Å². The van der Waals surface area contributed by atoms with E-state index in [0.717, 1.165) is 7.11 Å². The number of nitrogen functional groups attached to an aromatic ring is 1. The van der Waals surface area contributed by atoms with Gasteiger partial charge in [0.25, 0.3) is 12.1 Å². The normalized spacial score (nSPS) is 10.4. The topological polar surface area (TPSA) is 108 Å². The number of hydrogen-bond acceptors (Lipinski definition) is 6. The molecular weight excluding hydrogens is 252 g/mol. The molecule has 1 rings (SSSR count). The Kier molecular flexibility index (Phi) is 4.08. The molecule has 0 aliphatic carbocycles. The average molecular weight is 261 g/mol. The summed E-state index contributed by atoms with van der Waals surface area (Å²) in [5.41, 5.74) is 3.04. The van der Waals surface area contributed by atoms with Gasteiger partial charge in [-0.1, -0.05) is 0 Å². The predicted octanol–water partition coefficient (Wildman–Crippen LogP) is 1.23. The van der Waals surface area contributed by atoms with Gasteiger partial charge in [0.05, 0.1) is 18.5 Å². The highest BCUT2D eigenvalue weighted by molar-refractivity contribution is 5.74. The Balaban J connectivity index is 3.38. The van der Waals surface area contributed by atoms with Gasteiger partial charge in [0.1, 0.15) is 17.1 Å². The molecule has 0 saturated carbocycles. The first kappa shape index (κ1) is 13.7. The van der Waals surface area contributed by atoms with Crippen LogP contribution in [0.2, 0.25) is 0 Å². The molecule has 0 amide bonds. The highest BCUT2D eigenvalue weighted by atomic mass is 19.3. The van der Waals surface area contributed by atoms with Crippen molar-refractivity contribution >= 4 is 17.5 Å². The SMILES string of the molecule is COC(=O)Cc1nc(N)cc(C(F)F)c1[N+](=O)[O-]. The Hall–Kier alpha value is -2.32. The molecule has 0 unspecified atom stereocenters. The maximum atomic E-state index is 12.7. The summed E-state index contributed by atoms with van der Waals surface area (Å²) in [5, 5.41) is 10.8. The fraction of sp³-hybridized carbons (Fsp3) is 0.333. The average Bonchev–Trinajstić information content (AvgIpc) is 2.27. The van der Waals surface area contributed by atoms with Crippen LogP contribution in [0, 0.1) is 10.1 Å². The molecule has 0 radical (unpaired) electrons. The second-order valence-electron chi connectivity index (χ2n) is 3.24. The summed E-state index contributed by atoms with van der Waals surface area (Å²) >= 11 is 0. The van der Waals surface area contributed by atoms with Gasteiger partial charge in [0.2, 0.25) is 0 Å². The lowest BCUT2D eigenvalue weighted by Crippen LogP contribution is -2.12. The molecule has 0 aliphatic heterocycles. The number of methoxy groups -OCH3 is 1. The van der Waals surface area contributed by atoms with Crippen LogP contribution in [0.15, 0.2) is 6.07 Å². The molecule has 0 bridgehead atoms. The largest absolute Gasteiger partial charge is 0.469 e. The first-order chi connectivity index (χ1) is 8.36. The summed E-state index contributed by atoms with van der Waals surface area (Å²) in [4.78, 5) is 24.3. The summed E-state index contributed by atoms with van der Waals surface area (Å²) in [5.74, 6) is -1.16. The molecule has 98 valence electrons. The molecule has 1 aromatic heterocycles. The number of esters is 1. The Bertz CT molecular complexity index is 493. The quantitative estimate of drug-likeness (QED) is 0.496. The van der Waals surface area contributed by atoms with Crippen LogP contribution in [0.25, 0.3) is 0 Å². The van der Waals surface area contributed by atoms with Crippen LogP contribution in [-0.2, 0) is 16.0 Å². The van der Waals surface area contributed by atoms with Gasteiger partial charge >= 0.3 is 5.97 Å². The maximum Gasteiger partial charge on any atom is 0.311 e. The van der Waals surface area contributed by atoms with E-state index in [1.54, 1.807) is 0 Å². The number of pyridine rings is 1. The number of ether oxygens (including phenoxy) is 1. The van der Waals surface area contributed by atoms with Crippen LogP contribution in [0.1, 0.15) is 17.7 Å². The van der Waals surface area contributed by atoms with Crippen molar-refractivity contribution in [3.8, 4) is 0 Å². The van der Waals surface area contributed by atoms with E-state index < -0.39 is 40.7 Å². The molecule has 1 heterocycles. The van der Waals surface area contributed by atoms with E-state index >= 15 is 0 Å². The number of nitro groups is 1.